The monoisotopic (exact) mass is 403 g/mol. The molecule has 2 N–H and O–H groups in total. The molecule has 0 spiro atoms. The summed E-state index contributed by atoms with van der Waals surface area (Å²) in [7, 11) is 0. The van der Waals surface area contributed by atoms with Gasteiger partial charge in [0, 0.05) is 15.9 Å². The van der Waals surface area contributed by atoms with Gasteiger partial charge in [-0.2, -0.15) is 0 Å². The summed E-state index contributed by atoms with van der Waals surface area (Å²) in [4.78, 5) is 1.22. The highest BCUT2D eigenvalue weighted by molar-refractivity contribution is 9.13. The second-order valence-electron chi connectivity index (χ2n) is 4.54. The van der Waals surface area contributed by atoms with Crippen LogP contribution in [0.3, 0.4) is 0 Å². The third-order valence-electron chi connectivity index (χ3n) is 3.08. The van der Waals surface area contributed by atoms with Crippen molar-refractivity contribution in [3.8, 4) is 0 Å². The van der Waals surface area contributed by atoms with Gasteiger partial charge in [-0.1, -0.05) is 30.3 Å². The summed E-state index contributed by atoms with van der Waals surface area (Å²) in [6.07, 6.45) is 0. The fourth-order valence-electron chi connectivity index (χ4n) is 1.82. The molecule has 102 valence electrons. The SMILES string of the molecule is CC(CO)(NCc1cc(Br)c(Br)s1)c1ccccc1. The minimum atomic E-state index is -0.426. The van der Waals surface area contributed by atoms with Crippen molar-refractivity contribution < 1.29 is 5.11 Å². The zero-order valence-electron chi connectivity index (χ0n) is 10.5. The van der Waals surface area contributed by atoms with Crippen LogP contribution >= 0.6 is 43.2 Å². The number of halogens is 2. The second-order valence-corrected chi connectivity index (χ2v) is 7.85. The fraction of sp³-hybridized carbons (Fsp3) is 0.286. The van der Waals surface area contributed by atoms with Gasteiger partial charge in [-0.3, -0.25) is 0 Å². The molecule has 0 aliphatic heterocycles. The van der Waals surface area contributed by atoms with E-state index in [9.17, 15) is 5.11 Å². The maximum atomic E-state index is 9.70. The molecular weight excluding hydrogens is 390 g/mol. The number of aliphatic hydroxyl groups is 1. The Bertz CT molecular complexity index is 524. The van der Waals surface area contributed by atoms with E-state index < -0.39 is 5.54 Å². The van der Waals surface area contributed by atoms with E-state index in [2.05, 4.69) is 43.2 Å². The van der Waals surface area contributed by atoms with Gasteiger partial charge in [0.15, 0.2) is 0 Å². The summed E-state index contributed by atoms with van der Waals surface area (Å²) in [6.45, 7) is 2.80. The van der Waals surface area contributed by atoms with E-state index in [1.54, 1.807) is 11.3 Å². The summed E-state index contributed by atoms with van der Waals surface area (Å²) in [5, 5.41) is 13.1. The number of nitrogens with one attached hydrogen (secondary N) is 1. The van der Waals surface area contributed by atoms with E-state index in [0.717, 1.165) is 20.4 Å². The number of hydrogen-bond donors (Lipinski definition) is 2. The molecule has 1 atom stereocenters. The third kappa shape index (κ3) is 3.67. The Hall–Kier alpha value is -0.200. The van der Waals surface area contributed by atoms with Gasteiger partial charge in [0.25, 0.3) is 0 Å². The van der Waals surface area contributed by atoms with Gasteiger partial charge in [-0.15, -0.1) is 11.3 Å². The van der Waals surface area contributed by atoms with Gasteiger partial charge in [0.1, 0.15) is 0 Å². The predicted molar refractivity (Wildman–Crippen MR) is 87.4 cm³/mol. The standard InChI is InChI=1S/C14H15Br2NOS/c1-14(9-18,10-5-3-2-4-6-10)17-8-11-7-12(15)13(16)19-11/h2-7,17-18H,8-9H2,1H3. The van der Waals surface area contributed by atoms with Crippen molar-refractivity contribution in [2.24, 2.45) is 0 Å². The van der Waals surface area contributed by atoms with Crippen LogP contribution in [0.5, 0.6) is 0 Å². The molecule has 19 heavy (non-hydrogen) atoms. The predicted octanol–water partition coefficient (Wildman–Crippen LogP) is 4.27. The molecule has 1 aromatic heterocycles. The third-order valence-corrected chi connectivity index (χ3v) is 6.33. The first-order chi connectivity index (χ1) is 9.05. The highest BCUT2D eigenvalue weighted by Crippen LogP contribution is 2.33. The second kappa shape index (κ2) is 6.50. The van der Waals surface area contributed by atoms with Gasteiger partial charge in [0.2, 0.25) is 0 Å². The lowest BCUT2D eigenvalue weighted by molar-refractivity contribution is 0.174. The van der Waals surface area contributed by atoms with Crippen molar-refractivity contribution in [1.29, 1.82) is 0 Å². The molecule has 0 bridgehead atoms. The zero-order valence-corrected chi connectivity index (χ0v) is 14.5. The number of hydrogen-bond acceptors (Lipinski definition) is 3. The molecule has 1 aromatic carbocycles. The molecule has 2 nitrogen and oxygen atoms in total. The van der Waals surface area contributed by atoms with Crippen molar-refractivity contribution in [2.75, 3.05) is 6.61 Å². The highest BCUT2D eigenvalue weighted by atomic mass is 79.9. The molecule has 2 rings (SSSR count). The molecule has 1 heterocycles. The Morgan fingerprint density at radius 3 is 2.47 bits per heavy atom. The van der Waals surface area contributed by atoms with Crippen LogP contribution in [0.15, 0.2) is 44.7 Å². The minimum absolute atomic E-state index is 0.0602. The van der Waals surface area contributed by atoms with E-state index in [-0.39, 0.29) is 6.61 Å². The topological polar surface area (TPSA) is 32.3 Å². The lowest BCUT2D eigenvalue weighted by Crippen LogP contribution is -2.42. The van der Waals surface area contributed by atoms with Crippen molar-refractivity contribution in [3.05, 3.63) is 55.1 Å². The molecular formula is C14H15Br2NOS. The zero-order chi connectivity index (χ0) is 13.9. The molecule has 0 saturated heterocycles. The number of benzene rings is 1. The molecule has 0 fully saturated rings. The Morgan fingerprint density at radius 1 is 1.26 bits per heavy atom. The van der Waals surface area contributed by atoms with E-state index in [0.29, 0.717) is 0 Å². The number of rotatable bonds is 5. The molecule has 5 heteroatoms. The number of thiophene rings is 1. The maximum absolute atomic E-state index is 9.70. The Morgan fingerprint density at radius 2 is 1.95 bits per heavy atom. The maximum Gasteiger partial charge on any atom is 0.0843 e. The lowest BCUT2D eigenvalue weighted by Gasteiger charge is -2.29. The molecule has 2 aromatic rings. The normalized spacial score (nSPS) is 14.3. The van der Waals surface area contributed by atoms with Crippen molar-refractivity contribution in [1.82, 2.24) is 5.32 Å². The molecule has 0 amide bonds. The fourth-order valence-corrected chi connectivity index (χ4v) is 3.93. The van der Waals surface area contributed by atoms with Crippen LogP contribution in [-0.4, -0.2) is 11.7 Å². The van der Waals surface area contributed by atoms with Gasteiger partial charge in [-0.25, -0.2) is 0 Å². The Labute approximate surface area is 134 Å². The average molecular weight is 405 g/mol. The van der Waals surface area contributed by atoms with Gasteiger partial charge < -0.3 is 10.4 Å². The van der Waals surface area contributed by atoms with Crippen LogP contribution in [0.4, 0.5) is 0 Å². The number of aliphatic hydroxyl groups excluding tert-OH is 1. The van der Waals surface area contributed by atoms with E-state index >= 15 is 0 Å². The summed E-state index contributed by atoms with van der Waals surface area (Å²) in [6, 6.07) is 12.1. The lowest BCUT2D eigenvalue weighted by atomic mass is 9.93. The van der Waals surface area contributed by atoms with E-state index in [1.807, 2.05) is 37.3 Å². The molecule has 1 unspecified atom stereocenters. The largest absolute Gasteiger partial charge is 0.394 e. The van der Waals surface area contributed by atoms with Crippen LogP contribution in [-0.2, 0) is 12.1 Å². The molecule has 0 saturated carbocycles. The summed E-state index contributed by atoms with van der Waals surface area (Å²) in [5.41, 5.74) is 0.664. The summed E-state index contributed by atoms with van der Waals surface area (Å²) < 4.78 is 2.16. The van der Waals surface area contributed by atoms with Crippen molar-refractivity contribution in [2.45, 2.75) is 19.0 Å². The molecule has 0 radical (unpaired) electrons. The summed E-state index contributed by atoms with van der Waals surface area (Å²) >= 11 is 8.66. The van der Waals surface area contributed by atoms with Gasteiger partial charge >= 0.3 is 0 Å². The quantitative estimate of drug-likeness (QED) is 0.779. The Balaban J connectivity index is 2.11. The summed E-state index contributed by atoms with van der Waals surface area (Å²) in [5.74, 6) is 0. The highest BCUT2D eigenvalue weighted by Gasteiger charge is 2.25. The molecule has 0 aliphatic carbocycles. The van der Waals surface area contributed by atoms with Crippen LogP contribution in [0.25, 0.3) is 0 Å². The van der Waals surface area contributed by atoms with Crippen LogP contribution < -0.4 is 5.32 Å². The van der Waals surface area contributed by atoms with E-state index in [4.69, 9.17) is 0 Å². The van der Waals surface area contributed by atoms with E-state index in [1.165, 1.54) is 4.88 Å². The smallest absolute Gasteiger partial charge is 0.0843 e. The first kappa shape index (κ1) is 15.2. The van der Waals surface area contributed by atoms with Crippen molar-refractivity contribution >= 4 is 43.2 Å². The van der Waals surface area contributed by atoms with Crippen molar-refractivity contribution in [3.63, 3.8) is 0 Å². The van der Waals surface area contributed by atoms with Crippen LogP contribution in [0, 0.1) is 0 Å². The first-order valence-electron chi connectivity index (χ1n) is 5.90. The molecule has 0 aliphatic rings. The average Bonchev–Trinajstić information content (AvgIpc) is 2.76. The van der Waals surface area contributed by atoms with Gasteiger partial charge in [0.05, 0.1) is 15.9 Å². The Kier molecular flexibility index (Phi) is 5.20. The minimum Gasteiger partial charge on any atom is -0.394 e. The van der Waals surface area contributed by atoms with Crippen LogP contribution in [0.2, 0.25) is 0 Å². The van der Waals surface area contributed by atoms with Crippen LogP contribution in [0.1, 0.15) is 17.4 Å². The first-order valence-corrected chi connectivity index (χ1v) is 8.30. The van der Waals surface area contributed by atoms with Gasteiger partial charge in [-0.05, 0) is 50.4 Å².